The molecule has 2 aliphatic rings. The van der Waals surface area contributed by atoms with E-state index in [9.17, 15) is 4.79 Å². The molecule has 0 bridgehead atoms. The summed E-state index contributed by atoms with van der Waals surface area (Å²) in [6, 6.07) is 10.5. The summed E-state index contributed by atoms with van der Waals surface area (Å²) in [4.78, 5) is 26.1. The highest BCUT2D eigenvalue weighted by atomic mass is 16.2. The first-order chi connectivity index (χ1) is 12.7. The monoisotopic (exact) mass is 350 g/mol. The molecule has 136 valence electrons. The van der Waals surface area contributed by atoms with Gasteiger partial charge in [0.1, 0.15) is 5.82 Å². The molecular formula is C21H26N4O. The number of carbonyl (C=O) groups excluding carboxylic acids is 1. The minimum Gasteiger partial charge on any atom is -0.337 e. The Kier molecular flexibility index (Phi) is 4.98. The maximum atomic E-state index is 12.9. The van der Waals surface area contributed by atoms with Crippen molar-refractivity contribution in [1.82, 2.24) is 19.8 Å². The standard InChI is InChI=1S/C21H26N4O/c1-16-13-24(15-17-5-3-2-4-6-17)9-10-25(14-16)21(26)19-11-22-20(23-12-19)18-7-8-18/h2-6,11-12,16,18H,7-10,13-15H2,1H3. The van der Waals surface area contributed by atoms with E-state index in [1.54, 1.807) is 12.4 Å². The topological polar surface area (TPSA) is 49.3 Å². The Balaban J connectivity index is 1.40. The first-order valence-electron chi connectivity index (χ1n) is 9.56. The Morgan fingerprint density at radius 2 is 1.81 bits per heavy atom. The van der Waals surface area contributed by atoms with Crippen molar-refractivity contribution in [2.45, 2.75) is 32.2 Å². The Hall–Kier alpha value is -2.27. The van der Waals surface area contributed by atoms with E-state index in [2.05, 4.69) is 46.1 Å². The van der Waals surface area contributed by atoms with Crippen LogP contribution in [0.15, 0.2) is 42.7 Å². The molecule has 5 nitrogen and oxygen atoms in total. The van der Waals surface area contributed by atoms with Crippen LogP contribution in [0.2, 0.25) is 0 Å². The van der Waals surface area contributed by atoms with Gasteiger partial charge in [-0.05, 0) is 24.3 Å². The zero-order valence-electron chi connectivity index (χ0n) is 15.3. The lowest BCUT2D eigenvalue weighted by Crippen LogP contribution is -2.36. The fourth-order valence-electron chi connectivity index (χ4n) is 3.67. The molecule has 1 aliphatic carbocycles. The number of hydrogen-bond acceptors (Lipinski definition) is 4. The van der Waals surface area contributed by atoms with Crippen molar-refractivity contribution in [2.24, 2.45) is 5.92 Å². The SMILES string of the molecule is CC1CN(Cc2ccccc2)CCN(C(=O)c2cnc(C3CC3)nc2)C1. The summed E-state index contributed by atoms with van der Waals surface area (Å²) in [6.07, 6.45) is 5.77. The van der Waals surface area contributed by atoms with E-state index in [4.69, 9.17) is 0 Å². The Bertz CT molecular complexity index is 742. The maximum Gasteiger partial charge on any atom is 0.257 e. The Labute approximate surface area is 155 Å². The van der Waals surface area contributed by atoms with Gasteiger partial charge in [0.15, 0.2) is 0 Å². The minimum atomic E-state index is 0.0563. The molecule has 0 radical (unpaired) electrons. The van der Waals surface area contributed by atoms with Gasteiger partial charge in [-0.1, -0.05) is 37.3 Å². The summed E-state index contributed by atoms with van der Waals surface area (Å²) >= 11 is 0. The van der Waals surface area contributed by atoms with Crippen LogP contribution in [0.1, 0.15) is 47.4 Å². The van der Waals surface area contributed by atoms with Crippen LogP contribution < -0.4 is 0 Å². The molecule has 1 aromatic carbocycles. The fraction of sp³-hybridized carbons (Fsp3) is 0.476. The van der Waals surface area contributed by atoms with Crippen molar-refractivity contribution in [3.8, 4) is 0 Å². The second-order valence-electron chi connectivity index (χ2n) is 7.68. The van der Waals surface area contributed by atoms with Gasteiger partial charge in [-0.15, -0.1) is 0 Å². The predicted octanol–water partition coefficient (Wildman–Crippen LogP) is 2.95. The summed E-state index contributed by atoms with van der Waals surface area (Å²) in [7, 11) is 0. The summed E-state index contributed by atoms with van der Waals surface area (Å²) in [5.41, 5.74) is 1.93. The van der Waals surface area contributed by atoms with Crippen LogP contribution in [-0.2, 0) is 6.54 Å². The van der Waals surface area contributed by atoms with Crippen LogP contribution in [0, 0.1) is 5.92 Å². The van der Waals surface area contributed by atoms with Crippen LogP contribution in [0.3, 0.4) is 0 Å². The van der Waals surface area contributed by atoms with Crippen LogP contribution in [0.25, 0.3) is 0 Å². The van der Waals surface area contributed by atoms with E-state index in [1.165, 1.54) is 18.4 Å². The van der Waals surface area contributed by atoms with Gasteiger partial charge in [0.25, 0.3) is 5.91 Å². The summed E-state index contributed by atoms with van der Waals surface area (Å²) in [5, 5.41) is 0. The van der Waals surface area contributed by atoms with Gasteiger partial charge in [-0.3, -0.25) is 9.69 Å². The predicted molar refractivity (Wildman–Crippen MR) is 101 cm³/mol. The average Bonchev–Trinajstić information content (AvgIpc) is 3.51. The van der Waals surface area contributed by atoms with E-state index >= 15 is 0 Å². The van der Waals surface area contributed by atoms with E-state index in [-0.39, 0.29) is 5.91 Å². The molecule has 5 heteroatoms. The van der Waals surface area contributed by atoms with E-state index in [1.807, 2.05) is 11.0 Å². The molecule has 1 aliphatic heterocycles. The third-order valence-electron chi connectivity index (χ3n) is 5.19. The number of aromatic nitrogens is 2. The van der Waals surface area contributed by atoms with Crippen LogP contribution in [0.4, 0.5) is 0 Å². The molecule has 2 aromatic rings. The van der Waals surface area contributed by atoms with Crippen LogP contribution in [0.5, 0.6) is 0 Å². The highest BCUT2D eigenvalue weighted by Crippen LogP contribution is 2.37. The van der Waals surface area contributed by atoms with Gasteiger partial charge in [0.05, 0.1) is 5.56 Å². The molecule has 1 saturated heterocycles. The van der Waals surface area contributed by atoms with Crippen molar-refractivity contribution in [3.63, 3.8) is 0 Å². The van der Waals surface area contributed by atoms with Crippen molar-refractivity contribution in [3.05, 3.63) is 59.7 Å². The lowest BCUT2D eigenvalue weighted by Gasteiger charge is -2.22. The van der Waals surface area contributed by atoms with Gasteiger partial charge in [-0.2, -0.15) is 0 Å². The van der Waals surface area contributed by atoms with Crippen LogP contribution in [-0.4, -0.2) is 51.9 Å². The first-order valence-corrected chi connectivity index (χ1v) is 9.56. The average molecular weight is 350 g/mol. The summed E-state index contributed by atoms with van der Waals surface area (Å²) in [6.45, 7) is 6.60. The molecule has 1 amide bonds. The van der Waals surface area contributed by atoms with Crippen molar-refractivity contribution >= 4 is 5.91 Å². The molecule has 4 rings (SSSR count). The molecule has 0 spiro atoms. The molecule has 0 N–H and O–H groups in total. The quantitative estimate of drug-likeness (QED) is 0.851. The first kappa shape index (κ1) is 17.2. The van der Waals surface area contributed by atoms with Crippen molar-refractivity contribution in [2.75, 3.05) is 26.2 Å². The lowest BCUT2D eigenvalue weighted by atomic mass is 10.1. The number of carbonyl (C=O) groups is 1. The molecule has 1 saturated carbocycles. The maximum absolute atomic E-state index is 12.9. The highest BCUT2D eigenvalue weighted by molar-refractivity contribution is 5.93. The largest absolute Gasteiger partial charge is 0.337 e. The van der Waals surface area contributed by atoms with Gasteiger partial charge >= 0.3 is 0 Å². The molecule has 2 fully saturated rings. The van der Waals surface area contributed by atoms with Gasteiger partial charge in [0.2, 0.25) is 0 Å². The minimum absolute atomic E-state index is 0.0563. The number of benzene rings is 1. The van der Waals surface area contributed by atoms with Crippen molar-refractivity contribution < 1.29 is 4.79 Å². The second kappa shape index (κ2) is 7.54. The molecule has 2 heterocycles. The van der Waals surface area contributed by atoms with Crippen molar-refractivity contribution in [1.29, 1.82) is 0 Å². The number of rotatable bonds is 4. The van der Waals surface area contributed by atoms with E-state index in [0.717, 1.165) is 38.5 Å². The Morgan fingerprint density at radius 1 is 1.08 bits per heavy atom. The van der Waals surface area contributed by atoms with Gasteiger partial charge in [0, 0.05) is 51.0 Å². The fourth-order valence-corrected chi connectivity index (χ4v) is 3.67. The number of hydrogen-bond donors (Lipinski definition) is 0. The van der Waals surface area contributed by atoms with Crippen LogP contribution >= 0.6 is 0 Å². The number of amides is 1. The zero-order chi connectivity index (χ0) is 17.9. The van der Waals surface area contributed by atoms with E-state index < -0.39 is 0 Å². The van der Waals surface area contributed by atoms with Gasteiger partial charge < -0.3 is 4.90 Å². The smallest absolute Gasteiger partial charge is 0.257 e. The van der Waals surface area contributed by atoms with E-state index in [0.29, 0.717) is 17.4 Å². The zero-order valence-corrected chi connectivity index (χ0v) is 15.3. The lowest BCUT2D eigenvalue weighted by molar-refractivity contribution is 0.0747. The normalized spacial score (nSPS) is 21.4. The molecule has 26 heavy (non-hydrogen) atoms. The number of nitrogens with zero attached hydrogens (tertiary/aromatic N) is 4. The molecular weight excluding hydrogens is 324 g/mol. The third-order valence-corrected chi connectivity index (χ3v) is 5.19. The summed E-state index contributed by atoms with van der Waals surface area (Å²) in [5.74, 6) is 1.90. The second-order valence-corrected chi connectivity index (χ2v) is 7.68. The summed E-state index contributed by atoms with van der Waals surface area (Å²) < 4.78 is 0. The molecule has 1 atom stereocenters. The molecule has 1 unspecified atom stereocenters. The third kappa shape index (κ3) is 4.10. The Morgan fingerprint density at radius 3 is 2.50 bits per heavy atom. The highest BCUT2D eigenvalue weighted by Gasteiger charge is 2.28. The van der Waals surface area contributed by atoms with Gasteiger partial charge in [-0.25, -0.2) is 9.97 Å². The molecule has 1 aromatic heterocycles.